The van der Waals surface area contributed by atoms with Crippen LogP contribution in [0.3, 0.4) is 0 Å². The Bertz CT molecular complexity index is 1650. The quantitative estimate of drug-likeness (QED) is 0.353. The van der Waals surface area contributed by atoms with Crippen molar-refractivity contribution in [1.29, 1.82) is 0 Å². The number of ether oxygens (including phenoxy) is 1. The first-order valence-electron chi connectivity index (χ1n) is 13.2. The highest BCUT2D eigenvalue weighted by atomic mass is 32.2. The topological polar surface area (TPSA) is 177 Å². The van der Waals surface area contributed by atoms with E-state index in [1.54, 1.807) is 20.0 Å². The van der Waals surface area contributed by atoms with Gasteiger partial charge in [-0.15, -0.1) is 0 Å². The standard InChI is InChI=1S/C26H36N6O8S2/c1-16-11-32(17(2)14-33)25(34)10-20-9-21(29-41(35,36)26-18(3)28-40-19(26)4)7-8-22(20)39-23(16)12-31(6)42(37,38)24-13-30(5)15-27-24/h7-9,13,15-17,23,29,33H,10-12,14H2,1-6H3/t16-,17-,23+/m1/s1. The van der Waals surface area contributed by atoms with Gasteiger partial charge in [0.25, 0.3) is 20.0 Å². The van der Waals surface area contributed by atoms with Crippen molar-refractivity contribution in [3.8, 4) is 5.75 Å². The highest BCUT2D eigenvalue weighted by Crippen LogP contribution is 2.31. The molecule has 2 N–H and O–H groups in total. The molecular weight excluding hydrogens is 588 g/mol. The molecular formula is C26H36N6O8S2. The second-order valence-corrected chi connectivity index (χ2v) is 14.2. The molecule has 3 aromatic rings. The van der Waals surface area contributed by atoms with Crippen molar-refractivity contribution < 1.29 is 36.0 Å². The third-order valence-electron chi connectivity index (χ3n) is 7.20. The van der Waals surface area contributed by atoms with Crippen LogP contribution in [0.15, 0.2) is 45.2 Å². The molecule has 14 nitrogen and oxygen atoms in total. The van der Waals surface area contributed by atoms with E-state index in [0.717, 1.165) is 4.31 Å². The molecule has 0 radical (unpaired) electrons. The van der Waals surface area contributed by atoms with Gasteiger partial charge in [-0.25, -0.2) is 21.8 Å². The number of carbonyl (C=O) groups is 1. The fourth-order valence-electron chi connectivity index (χ4n) is 4.81. The highest BCUT2D eigenvalue weighted by Gasteiger charge is 2.34. The van der Waals surface area contributed by atoms with Crippen LogP contribution in [0, 0.1) is 19.8 Å². The van der Waals surface area contributed by atoms with Crippen LogP contribution in [0.1, 0.15) is 30.9 Å². The highest BCUT2D eigenvalue weighted by molar-refractivity contribution is 7.92. The third kappa shape index (κ3) is 6.45. The van der Waals surface area contributed by atoms with Crippen molar-refractivity contribution >= 4 is 31.6 Å². The molecule has 4 rings (SSSR count). The van der Waals surface area contributed by atoms with Gasteiger partial charge >= 0.3 is 0 Å². The predicted octanol–water partition coefficient (Wildman–Crippen LogP) is 1.30. The zero-order valence-corrected chi connectivity index (χ0v) is 25.9. The van der Waals surface area contributed by atoms with Gasteiger partial charge in [-0.05, 0) is 39.0 Å². The summed E-state index contributed by atoms with van der Waals surface area (Å²) in [4.78, 5) is 18.9. The fourth-order valence-corrected chi connectivity index (χ4v) is 7.33. The number of amides is 1. The first-order chi connectivity index (χ1) is 19.6. The Morgan fingerprint density at radius 1 is 1.24 bits per heavy atom. The lowest BCUT2D eigenvalue weighted by Gasteiger charge is -2.33. The molecule has 42 heavy (non-hydrogen) atoms. The monoisotopic (exact) mass is 624 g/mol. The van der Waals surface area contributed by atoms with Crippen LogP contribution >= 0.6 is 0 Å². The van der Waals surface area contributed by atoms with Crippen LogP contribution in [0.5, 0.6) is 5.75 Å². The smallest absolute Gasteiger partial charge is 0.267 e. The number of sulfonamides is 2. The Hall–Kier alpha value is -3.47. The van der Waals surface area contributed by atoms with Crippen LogP contribution < -0.4 is 9.46 Å². The normalized spacial score (nSPS) is 19.0. The number of hydrogen-bond acceptors (Lipinski definition) is 10. The molecule has 3 atom stereocenters. The SMILES string of the molecule is Cc1noc(C)c1S(=O)(=O)Nc1ccc2c(c1)CC(=O)N([C@H](C)CO)C[C@@H](C)[C@H](CN(C)S(=O)(=O)c1cn(C)cn1)O2. The minimum atomic E-state index is -4.06. The van der Waals surface area contributed by atoms with Gasteiger partial charge in [0.05, 0.1) is 31.9 Å². The van der Waals surface area contributed by atoms with Gasteiger partial charge in [0.1, 0.15) is 17.5 Å². The number of hydrogen-bond donors (Lipinski definition) is 2. The molecule has 1 aliphatic rings. The first-order valence-corrected chi connectivity index (χ1v) is 16.2. The average molecular weight is 625 g/mol. The second-order valence-electron chi connectivity index (χ2n) is 10.6. The van der Waals surface area contributed by atoms with Crippen molar-refractivity contribution in [3.05, 3.63) is 47.7 Å². The number of nitrogens with zero attached hydrogens (tertiary/aromatic N) is 5. The predicted molar refractivity (Wildman–Crippen MR) is 152 cm³/mol. The number of anilines is 1. The molecule has 3 heterocycles. The number of aryl methyl sites for hydroxylation is 3. The van der Waals surface area contributed by atoms with Gasteiger partial charge in [0.15, 0.2) is 15.7 Å². The van der Waals surface area contributed by atoms with Gasteiger partial charge in [-0.3, -0.25) is 9.52 Å². The van der Waals surface area contributed by atoms with E-state index in [2.05, 4.69) is 14.9 Å². The number of aliphatic hydroxyl groups excluding tert-OH is 1. The van der Waals surface area contributed by atoms with Crippen LogP contribution in [-0.4, -0.2) is 90.7 Å². The molecule has 1 aliphatic heterocycles. The number of aromatic nitrogens is 3. The maximum Gasteiger partial charge on any atom is 0.267 e. The lowest BCUT2D eigenvalue weighted by molar-refractivity contribution is -0.134. The van der Waals surface area contributed by atoms with Crippen LogP contribution in [0.2, 0.25) is 0 Å². The number of likely N-dealkylation sites (N-methyl/N-ethyl adjacent to an activating group) is 1. The van der Waals surface area contributed by atoms with Crippen molar-refractivity contribution in [3.63, 3.8) is 0 Å². The fraction of sp³-hybridized carbons (Fsp3) is 0.500. The maximum atomic E-state index is 13.5. The molecule has 0 spiro atoms. The summed E-state index contributed by atoms with van der Waals surface area (Å²) < 4.78 is 69.2. The number of nitrogens with one attached hydrogen (secondary N) is 1. The van der Waals surface area contributed by atoms with Gasteiger partial charge in [-0.1, -0.05) is 12.1 Å². The van der Waals surface area contributed by atoms with E-state index in [9.17, 15) is 26.7 Å². The minimum absolute atomic E-state index is 0.0600. The van der Waals surface area contributed by atoms with Gasteiger partial charge in [0.2, 0.25) is 5.91 Å². The number of aliphatic hydroxyl groups is 1. The molecule has 0 unspecified atom stereocenters. The lowest BCUT2D eigenvalue weighted by atomic mass is 10.0. The molecule has 0 fully saturated rings. The Kier molecular flexibility index (Phi) is 9.01. The third-order valence-corrected chi connectivity index (χ3v) is 10.5. The zero-order chi connectivity index (χ0) is 31.0. The Labute approximate surface area is 245 Å². The summed E-state index contributed by atoms with van der Waals surface area (Å²) in [6.07, 6.45) is 1.95. The van der Waals surface area contributed by atoms with Crippen LogP contribution in [-0.2, 0) is 38.3 Å². The summed E-state index contributed by atoms with van der Waals surface area (Å²) in [6.45, 7) is 6.43. The average Bonchev–Trinajstić information content (AvgIpc) is 3.52. The molecule has 230 valence electrons. The molecule has 0 aliphatic carbocycles. The van der Waals surface area contributed by atoms with Gasteiger partial charge < -0.3 is 23.8 Å². The molecule has 2 aromatic heterocycles. The van der Waals surface area contributed by atoms with E-state index >= 15 is 0 Å². The molecule has 1 aromatic carbocycles. The van der Waals surface area contributed by atoms with Crippen molar-refractivity contribution in [2.75, 3.05) is 31.5 Å². The Balaban J connectivity index is 1.70. The van der Waals surface area contributed by atoms with Crippen LogP contribution in [0.25, 0.3) is 0 Å². The number of imidazole rings is 1. The van der Waals surface area contributed by atoms with E-state index in [1.807, 2.05) is 6.92 Å². The molecule has 0 saturated carbocycles. The summed E-state index contributed by atoms with van der Waals surface area (Å²) in [6, 6.07) is 4.04. The van der Waals surface area contributed by atoms with E-state index < -0.39 is 32.2 Å². The molecule has 0 saturated heterocycles. The second kappa shape index (κ2) is 12.0. The maximum absolute atomic E-state index is 13.5. The molecule has 0 bridgehead atoms. The van der Waals surface area contributed by atoms with Crippen molar-refractivity contribution in [1.82, 2.24) is 23.9 Å². The summed E-state index contributed by atoms with van der Waals surface area (Å²) in [5, 5.41) is 13.5. The van der Waals surface area contributed by atoms with E-state index in [4.69, 9.17) is 9.26 Å². The lowest BCUT2D eigenvalue weighted by Crippen LogP contribution is -2.48. The summed E-state index contributed by atoms with van der Waals surface area (Å²) in [5.74, 6) is -0.207. The number of fused-ring (bicyclic) bond motifs is 1. The van der Waals surface area contributed by atoms with E-state index in [-0.39, 0.29) is 65.0 Å². The summed E-state index contributed by atoms with van der Waals surface area (Å²) >= 11 is 0. The first kappa shape index (κ1) is 31.5. The number of carbonyl (C=O) groups excluding carboxylic acids is 1. The number of rotatable bonds is 9. The van der Waals surface area contributed by atoms with E-state index in [1.165, 1.54) is 55.0 Å². The van der Waals surface area contributed by atoms with Gasteiger partial charge in [0, 0.05) is 44.0 Å². The minimum Gasteiger partial charge on any atom is -0.488 e. The Morgan fingerprint density at radius 3 is 2.55 bits per heavy atom. The zero-order valence-electron chi connectivity index (χ0n) is 24.3. The van der Waals surface area contributed by atoms with Gasteiger partial charge in [-0.2, -0.15) is 4.31 Å². The van der Waals surface area contributed by atoms with Crippen LogP contribution in [0.4, 0.5) is 5.69 Å². The Morgan fingerprint density at radius 2 is 1.95 bits per heavy atom. The van der Waals surface area contributed by atoms with Crippen molar-refractivity contribution in [2.45, 2.75) is 56.2 Å². The summed E-state index contributed by atoms with van der Waals surface area (Å²) in [7, 11) is -4.89. The molecule has 1 amide bonds. The van der Waals surface area contributed by atoms with E-state index in [0.29, 0.717) is 11.3 Å². The largest absolute Gasteiger partial charge is 0.488 e. The van der Waals surface area contributed by atoms with Crippen molar-refractivity contribution in [2.24, 2.45) is 13.0 Å². The summed E-state index contributed by atoms with van der Waals surface area (Å²) in [5.41, 5.74) is 0.783. The molecule has 16 heteroatoms. The number of benzene rings is 1.